The highest BCUT2D eigenvalue weighted by Gasteiger charge is 2.18. The van der Waals surface area contributed by atoms with Gasteiger partial charge in [-0.25, -0.2) is 4.39 Å². The standard InChI is InChI=1S/C24H21ClFN3O2/c1-27(2)10-9-22(30)14-5-8-21-17(11-14)18-13-19(16-7-6-15(25)12-20(16)26)24(31)29(4)23(18)28(21)3/h5-13H,1-4H3. The van der Waals surface area contributed by atoms with Crippen molar-refractivity contribution in [2.45, 2.75) is 0 Å². The van der Waals surface area contributed by atoms with E-state index in [1.165, 1.54) is 22.8 Å². The average molecular weight is 438 g/mol. The highest BCUT2D eigenvalue weighted by atomic mass is 35.5. The zero-order chi connectivity index (χ0) is 22.4. The average Bonchev–Trinajstić information content (AvgIpc) is 3.00. The van der Waals surface area contributed by atoms with E-state index < -0.39 is 5.82 Å². The highest BCUT2D eigenvalue weighted by molar-refractivity contribution is 6.30. The molecule has 4 aromatic rings. The molecule has 0 N–H and O–H groups in total. The van der Waals surface area contributed by atoms with Crippen molar-refractivity contribution in [2.75, 3.05) is 14.1 Å². The Balaban J connectivity index is 2.01. The number of rotatable bonds is 4. The van der Waals surface area contributed by atoms with E-state index in [9.17, 15) is 14.0 Å². The Morgan fingerprint density at radius 3 is 2.42 bits per heavy atom. The Morgan fingerprint density at radius 1 is 1.00 bits per heavy atom. The van der Waals surface area contributed by atoms with Gasteiger partial charge in [0.2, 0.25) is 0 Å². The number of benzene rings is 2. The molecule has 0 unspecified atom stereocenters. The summed E-state index contributed by atoms with van der Waals surface area (Å²) in [5.74, 6) is -0.685. The number of hydrogen-bond acceptors (Lipinski definition) is 3. The van der Waals surface area contributed by atoms with Crippen molar-refractivity contribution in [3.63, 3.8) is 0 Å². The number of aromatic nitrogens is 2. The van der Waals surface area contributed by atoms with Gasteiger partial charge in [0.15, 0.2) is 5.78 Å². The number of carbonyl (C=O) groups is 1. The lowest BCUT2D eigenvalue weighted by molar-refractivity contribution is 0.104. The minimum absolute atomic E-state index is 0.124. The second-order valence-electron chi connectivity index (χ2n) is 7.72. The van der Waals surface area contributed by atoms with Crippen LogP contribution in [0, 0.1) is 5.82 Å². The molecule has 158 valence electrons. The van der Waals surface area contributed by atoms with Crippen LogP contribution in [0.3, 0.4) is 0 Å². The number of allylic oxidation sites excluding steroid dienone is 1. The normalized spacial score (nSPS) is 11.7. The predicted molar refractivity (Wildman–Crippen MR) is 123 cm³/mol. The topological polar surface area (TPSA) is 47.2 Å². The van der Waals surface area contributed by atoms with Gasteiger partial charge in [-0.15, -0.1) is 0 Å². The van der Waals surface area contributed by atoms with Crippen molar-refractivity contribution in [3.8, 4) is 11.1 Å². The van der Waals surface area contributed by atoms with Crippen LogP contribution in [0.5, 0.6) is 0 Å². The number of nitrogens with zero attached hydrogens (tertiary/aromatic N) is 3. The Morgan fingerprint density at radius 2 is 1.74 bits per heavy atom. The zero-order valence-corrected chi connectivity index (χ0v) is 18.4. The van der Waals surface area contributed by atoms with Gasteiger partial charge in [0.1, 0.15) is 11.5 Å². The van der Waals surface area contributed by atoms with Gasteiger partial charge in [-0.3, -0.25) is 14.2 Å². The zero-order valence-electron chi connectivity index (χ0n) is 17.6. The summed E-state index contributed by atoms with van der Waals surface area (Å²) in [5.41, 5.74) is 2.19. The number of ketones is 1. The minimum atomic E-state index is -0.561. The van der Waals surface area contributed by atoms with Crippen LogP contribution in [0.25, 0.3) is 33.1 Å². The van der Waals surface area contributed by atoms with Gasteiger partial charge in [-0.05, 0) is 42.5 Å². The first-order chi connectivity index (χ1) is 14.7. The molecule has 0 aliphatic carbocycles. The van der Waals surface area contributed by atoms with E-state index in [1.54, 1.807) is 36.3 Å². The highest BCUT2D eigenvalue weighted by Crippen LogP contribution is 2.32. The maximum Gasteiger partial charge on any atom is 0.259 e. The number of fused-ring (bicyclic) bond motifs is 3. The fourth-order valence-corrected chi connectivity index (χ4v) is 4.02. The second-order valence-corrected chi connectivity index (χ2v) is 8.15. The summed E-state index contributed by atoms with van der Waals surface area (Å²) in [5, 5.41) is 1.83. The molecule has 31 heavy (non-hydrogen) atoms. The molecule has 5 nitrogen and oxygen atoms in total. The third-order valence-corrected chi connectivity index (χ3v) is 5.61. The van der Waals surface area contributed by atoms with Gasteiger partial charge in [0, 0.05) is 67.4 Å². The molecule has 7 heteroatoms. The lowest BCUT2D eigenvalue weighted by atomic mass is 10.0. The summed E-state index contributed by atoms with van der Waals surface area (Å²) >= 11 is 5.88. The monoisotopic (exact) mass is 437 g/mol. The molecule has 2 aromatic heterocycles. The molecular weight excluding hydrogens is 417 g/mol. The van der Waals surface area contributed by atoms with Crippen molar-refractivity contribution >= 4 is 39.3 Å². The first-order valence-corrected chi connectivity index (χ1v) is 10.0. The van der Waals surface area contributed by atoms with Crippen LogP contribution in [0.1, 0.15) is 10.4 Å². The summed E-state index contributed by atoms with van der Waals surface area (Å²) in [7, 11) is 7.21. The largest absolute Gasteiger partial charge is 0.383 e. The lowest BCUT2D eigenvalue weighted by Gasteiger charge is -2.09. The maximum absolute atomic E-state index is 14.6. The first-order valence-electron chi connectivity index (χ1n) is 9.65. The Labute approximate surface area is 183 Å². The van der Waals surface area contributed by atoms with Gasteiger partial charge in [0.25, 0.3) is 5.56 Å². The van der Waals surface area contributed by atoms with Gasteiger partial charge in [-0.1, -0.05) is 11.6 Å². The predicted octanol–water partition coefficient (Wildman–Crippen LogP) is 4.75. The number of carbonyl (C=O) groups excluding carboxylic acids is 1. The van der Waals surface area contributed by atoms with Crippen molar-refractivity contribution in [3.05, 3.63) is 81.5 Å². The molecule has 0 aliphatic heterocycles. The van der Waals surface area contributed by atoms with Crippen LogP contribution >= 0.6 is 11.6 Å². The summed E-state index contributed by atoms with van der Waals surface area (Å²) in [6.07, 6.45) is 3.21. The Hall–Kier alpha value is -3.38. The van der Waals surface area contributed by atoms with Crippen molar-refractivity contribution < 1.29 is 9.18 Å². The molecule has 0 atom stereocenters. The SMILES string of the molecule is CN(C)C=CC(=O)c1ccc2c(c1)c1cc(-c3ccc(Cl)cc3F)c(=O)n(C)c1n2C. The van der Waals surface area contributed by atoms with Gasteiger partial charge >= 0.3 is 0 Å². The molecule has 0 spiro atoms. The van der Waals surface area contributed by atoms with Crippen LogP contribution < -0.4 is 5.56 Å². The first kappa shape index (κ1) is 20.9. The fourth-order valence-electron chi connectivity index (χ4n) is 3.86. The Bertz CT molecular complexity index is 1450. The van der Waals surface area contributed by atoms with Crippen LogP contribution in [-0.2, 0) is 14.1 Å². The summed E-state index contributed by atoms with van der Waals surface area (Å²) in [6, 6.07) is 11.4. The van der Waals surface area contributed by atoms with E-state index in [-0.39, 0.29) is 27.5 Å². The summed E-state index contributed by atoms with van der Waals surface area (Å²) < 4.78 is 18.0. The second kappa shape index (κ2) is 7.71. The van der Waals surface area contributed by atoms with Crippen LogP contribution in [0.4, 0.5) is 4.39 Å². The van der Waals surface area contributed by atoms with E-state index in [0.29, 0.717) is 11.2 Å². The van der Waals surface area contributed by atoms with Crippen molar-refractivity contribution in [1.82, 2.24) is 14.0 Å². The quantitative estimate of drug-likeness (QED) is 0.342. The number of halogens is 2. The summed E-state index contributed by atoms with van der Waals surface area (Å²) in [6.45, 7) is 0. The fraction of sp³-hybridized carbons (Fsp3) is 0.167. The van der Waals surface area contributed by atoms with Crippen molar-refractivity contribution in [2.24, 2.45) is 14.1 Å². The molecular formula is C24H21ClFN3O2. The molecule has 4 rings (SSSR count). The molecule has 0 bridgehead atoms. The molecule has 0 aliphatic rings. The number of pyridine rings is 1. The minimum Gasteiger partial charge on any atom is -0.383 e. The summed E-state index contributed by atoms with van der Waals surface area (Å²) in [4.78, 5) is 27.4. The van der Waals surface area contributed by atoms with Gasteiger partial charge < -0.3 is 9.47 Å². The van der Waals surface area contributed by atoms with E-state index in [4.69, 9.17) is 11.6 Å². The molecule has 0 radical (unpaired) electrons. The van der Waals surface area contributed by atoms with E-state index in [2.05, 4.69) is 0 Å². The third-order valence-electron chi connectivity index (χ3n) is 5.38. The molecule has 0 saturated carbocycles. The van der Waals surface area contributed by atoms with Crippen LogP contribution in [0.15, 0.2) is 59.5 Å². The van der Waals surface area contributed by atoms with E-state index in [1.807, 2.05) is 37.8 Å². The van der Waals surface area contributed by atoms with E-state index in [0.717, 1.165) is 16.3 Å². The van der Waals surface area contributed by atoms with E-state index >= 15 is 0 Å². The van der Waals surface area contributed by atoms with Crippen LogP contribution in [-0.4, -0.2) is 33.9 Å². The number of hydrogen-bond donors (Lipinski definition) is 0. The van der Waals surface area contributed by atoms with Gasteiger partial charge in [-0.2, -0.15) is 0 Å². The smallest absolute Gasteiger partial charge is 0.259 e. The maximum atomic E-state index is 14.6. The third kappa shape index (κ3) is 3.53. The number of aryl methyl sites for hydroxylation is 2. The molecule has 2 aromatic carbocycles. The molecule has 2 heterocycles. The molecule has 0 amide bonds. The Kier molecular flexibility index (Phi) is 5.19. The molecule has 0 saturated heterocycles. The van der Waals surface area contributed by atoms with Crippen molar-refractivity contribution in [1.29, 1.82) is 0 Å². The van der Waals surface area contributed by atoms with Gasteiger partial charge in [0.05, 0.1) is 11.1 Å². The lowest BCUT2D eigenvalue weighted by Crippen LogP contribution is -2.20. The molecule has 0 fully saturated rings. The van der Waals surface area contributed by atoms with Crippen LogP contribution in [0.2, 0.25) is 5.02 Å².